The summed E-state index contributed by atoms with van der Waals surface area (Å²) in [6.45, 7) is 2.93. The first-order valence-electron chi connectivity index (χ1n) is 4.80. The molecule has 0 spiro atoms. The maximum absolute atomic E-state index is 5.59. The van der Waals surface area contributed by atoms with Gasteiger partial charge in [0.05, 0.1) is 6.61 Å². The van der Waals surface area contributed by atoms with Crippen molar-refractivity contribution in [1.82, 2.24) is 10.3 Å². The Labute approximate surface area is 92.0 Å². The maximum Gasteiger partial charge on any atom is 0.214 e. The summed E-state index contributed by atoms with van der Waals surface area (Å²) in [6.07, 6.45) is 1.20. The predicted octanol–water partition coefficient (Wildman–Crippen LogP) is 1.83. The maximum atomic E-state index is 5.59. The molecule has 0 aliphatic carbocycles. The standard InChI is InChI=1S/C10H13BrN2O/c11-9-2-1-3-10(13-9)14-7-8-4-5-12-6-8/h1-3,8,12H,4-7H2/t8-/m0/s1. The molecule has 3 nitrogen and oxygen atoms in total. The molecule has 0 unspecified atom stereocenters. The second kappa shape index (κ2) is 4.75. The van der Waals surface area contributed by atoms with Crippen molar-refractivity contribution >= 4 is 15.9 Å². The van der Waals surface area contributed by atoms with Gasteiger partial charge in [-0.15, -0.1) is 0 Å². The van der Waals surface area contributed by atoms with Gasteiger partial charge in [-0.05, 0) is 35.0 Å². The van der Waals surface area contributed by atoms with Gasteiger partial charge in [-0.2, -0.15) is 0 Å². The highest BCUT2D eigenvalue weighted by atomic mass is 79.9. The van der Waals surface area contributed by atoms with E-state index in [1.807, 2.05) is 18.2 Å². The number of halogens is 1. The average molecular weight is 257 g/mol. The van der Waals surface area contributed by atoms with Gasteiger partial charge < -0.3 is 10.1 Å². The van der Waals surface area contributed by atoms with Crippen molar-refractivity contribution in [3.05, 3.63) is 22.8 Å². The van der Waals surface area contributed by atoms with Gasteiger partial charge in [0, 0.05) is 18.5 Å². The van der Waals surface area contributed by atoms with Gasteiger partial charge in [0.25, 0.3) is 0 Å². The van der Waals surface area contributed by atoms with Crippen LogP contribution in [0.4, 0.5) is 0 Å². The van der Waals surface area contributed by atoms with Crippen LogP contribution in [0.2, 0.25) is 0 Å². The van der Waals surface area contributed by atoms with E-state index in [0.717, 1.165) is 24.3 Å². The van der Waals surface area contributed by atoms with Crippen molar-refractivity contribution in [3.8, 4) is 5.88 Å². The fraction of sp³-hybridized carbons (Fsp3) is 0.500. The van der Waals surface area contributed by atoms with Gasteiger partial charge in [0.2, 0.25) is 5.88 Å². The lowest BCUT2D eigenvalue weighted by Gasteiger charge is -2.09. The lowest BCUT2D eigenvalue weighted by atomic mass is 10.1. The fourth-order valence-corrected chi connectivity index (χ4v) is 1.86. The predicted molar refractivity (Wildman–Crippen MR) is 58.4 cm³/mol. The topological polar surface area (TPSA) is 34.1 Å². The molecule has 2 heterocycles. The van der Waals surface area contributed by atoms with E-state index in [1.54, 1.807) is 0 Å². The Hall–Kier alpha value is -0.610. The molecule has 0 aromatic carbocycles. The fourth-order valence-electron chi connectivity index (χ4n) is 1.53. The number of rotatable bonds is 3. The van der Waals surface area contributed by atoms with Crippen molar-refractivity contribution in [2.75, 3.05) is 19.7 Å². The minimum Gasteiger partial charge on any atom is -0.477 e. The number of hydrogen-bond acceptors (Lipinski definition) is 3. The Bertz CT molecular complexity index is 300. The van der Waals surface area contributed by atoms with Crippen LogP contribution in [0.3, 0.4) is 0 Å². The number of aromatic nitrogens is 1. The van der Waals surface area contributed by atoms with Crippen LogP contribution >= 0.6 is 15.9 Å². The lowest BCUT2D eigenvalue weighted by Crippen LogP contribution is -2.15. The summed E-state index contributed by atoms with van der Waals surface area (Å²) in [6, 6.07) is 5.70. The van der Waals surface area contributed by atoms with E-state index < -0.39 is 0 Å². The molecular weight excluding hydrogens is 244 g/mol. The highest BCUT2D eigenvalue weighted by Gasteiger charge is 2.14. The molecule has 0 radical (unpaired) electrons. The molecular formula is C10H13BrN2O. The van der Waals surface area contributed by atoms with Crippen LogP contribution in [0.15, 0.2) is 22.8 Å². The quantitative estimate of drug-likeness (QED) is 0.839. The Morgan fingerprint density at radius 3 is 3.21 bits per heavy atom. The SMILES string of the molecule is Brc1cccc(OC[C@H]2CCNC2)n1. The summed E-state index contributed by atoms with van der Waals surface area (Å²) in [5.41, 5.74) is 0. The Kier molecular flexibility index (Phi) is 3.37. The lowest BCUT2D eigenvalue weighted by molar-refractivity contribution is 0.250. The second-order valence-corrected chi connectivity index (χ2v) is 4.28. The first-order valence-corrected chi connectivity index (χ1v) is 5.60. The molecule has 1 fully saturated rings. The van der Waals surface area contributed by atoms with Gasteiger partial charge >= 0.3 is 0 Å². The highest BCUT2D eigenvalue weighted by Crippen LogP contribution is 2.14. The van der Waals surface area contributed by atoms with Gasteiger partial charge in [0.1, 0.15) is 4.60 Å². The summed E-state index contributed by atoms with van der Waals surface area (Å²) < 4.78 is 6.41. The van der Waals surface area contributed by atoms with Crippen molar-refractivity contribution in [2.24, 2.45) is 5.92 Å². The summed E-state index contributed by atoms with van der Waals surface area (Å²) in [7, 11) is 0. The Morgan fingerprint density at radius 1 is 1.57 bits per heavy atom. The molecule has 76 valence electrons. The summed E-state index contributed by atoms with van der Waals surface area (Å²) in [5.74, 6) is 1.34. The molecule has 0 amide bonds. The van der Waals surface area contributed by atoms with E-state index >= 15 is 0 Å². The third kappa shape index (κ3) is 2.69. The number of nitrogens with one attached hydrogen (secondary N) is 1. The second-order valence-electron chi connectivity index (χ2n) is 3.47. The molecule has 0 bridgehead atoms. The van der Waals surface area contributed by atoms with Crippen LogP contribution in [-0.2, 0) is 0 Å². The van der Waals surface area contributed by atoms with Crippen LogP contribution in [0.5, 0.6) is 5.88 Å². The average Bonchev–Trinajstić information content (AvgIpc) is 2.67. The molecule has 1 N–H and O–H groups in total. The number of hydrogen-bond donors (Lipinski definition) is 1. The van der Waals surface area contributed by atoms with Crippen molar-refractivity contribution < 1.29 is 4.74 Å². The minimum atomic E-state index is 0.635. The van der Waals surface area contributed by atoms with Gasteiger partial charge in [0.15, 0.2) is 0 Å². The zero-order valence-electron chi connectivity index (χ0n) is 7.87. The van der Waals surface area contributed by atoms with Crippen LogP contribution in [0.25, 0.3) is 0 Å². The van der Waals surface area contributed by atoms with Gasteiger partial charge in [-0.3, -0.25) is 0 Å². The van der Waals surface area contributed by atoms with Crippen LogP contribution in [-0.4, -0.2) is 24.7 Å². The number of ether oxygens (including phenoxy) is 1. The van der Waals surface area contributed by atoms with E-state index in [4.69, 9.17) is 4.74 Å². The Morgan fingerprint density at radius 2 is 2.50 bits per heavy atom. The first-order chi connectivity index (χ1) is 6.84. The van der Waals surface area contributed by atoms with Crippen molar-refractivity contribution in [1.29, 1.82) is 0 Å². The minimum absolute atomic E-state index is 0.635. The zero-order chi connectivity index (χ0) is 9.80. The molecule has 1 aromatic heterocycles. The third-order valence-electron chi connectivity index (χ3n) is 2.32. The molecule has 14 heavy (non-hydrogen) atoms. The first kappa shape index (κ1) is 9.93. The summed E-state index contributed by atoms with van der Waals surface area (Å²) >= 11 is 3.31. The molecule has 0 saturated carbocycles. The number of pyridine rings is 1. The molecule has 1 aliphatic rings. The van der Waals surface area contributed by atoms with E-state index in [1.165, 1.54) is 6.42 Å². The molecule has 1 aliphatic heterocycles. The van der Waals surface area contributed by atoms with E-state index in [2.05, 4.69) is 26.2 Å². The Balaban J connectivity index is 1.85. The largest absolute Gasteiger partial charge is 0.477 e. The monoisotopic (exact) mass is 256 g/mol. The molecule has 2 rings (SSSR count). The summed E-state index contributed by atoms with van der Waals surface area (Å²) in [4.78, 5) is 4.21. The van der Waals surface area contributed by atoms with Gasteiger partial charge in [-0.1, -0.05) is 6.07 Å². The highest BCUT2D eigenvalue weighted by molar-refractivity contribution is 9.10. The van der Waals surface area contributed by atoms with Crippen LogP contribution < -0.4 is 10.1 Å². The summed E-state index contributed by atoms with van der Waals surface area (Å²) in [5, 5.41) is 3.31. The van der Waals surface area contributed by atoms with E-state index in [0.29, 0.717) is 11.8 Å². The number of nitrogens with zero attached hydrogens (tertiary/aromatic N) is 1. The van der Waals surface area contributed by atoms with Crippen LogP contribution in [0.1, 0.15) is 6.42 Å². The van der Waals surface area contributed by atoms with Crippen molar-refractivity contribution in [2.45, 2.75) is 6.42 Å². The zero-order valence-corrected chi connectivity index (χ0v) is 9.46. The van der Waals surface area contributed by atoms with Crippen molar-refractivity contribution in [3.63, 3.8) is 0 Å². The molecule has 4 heteroatoms. The van der Waals surface area contributed by atoms with Gasteiger partial charge in [-0.25, -0.2) is 4.98 Å². The smallest absolute Gasteiger partial charge is 0.214 e. The molecule has 1 saturated heterocycles. The van der Waals surface area contributed by atoms with E-state index in [-0.39, 0.29) is 0 Å². The van der Waals surface area contributed by atoms with E-state index in [9.17, 15) is 0 Å². The molecule has 1 atom stereocenters. The normalized spacial score (nSPS) is 21.1. The third-order valence-corrected chi connectivity index (χ3v) is 2.76. The van der Waals surface area contributed by atoms with Crippen LogP contribution in [0, 0.1) is 5.92 Å². The molecule has 1 aromatic rings.